The van der Waals surface area contributed by atoms with Crippen LogP contribution in [0.3, 0.4) is 0 Å². The largest absolute Gasteiger partial charge is 0.383 e. The molecule has 1 saturated heterocycles. The van der Waals surface area contributed by atoms with Gasteiger partial charge in [0.25, 0.3) is 0 Å². The molecule has 43 heavy (non-hydrogen) atoms. The maximum atomic E-state index is 9.13. The van der Waals surface area contributed by atoms with Crippen LogP contribution in [-0.2, 0) is 6.54 Å². The number of anilines is 2. The van der Waals surface area contributed by atoms with E-state index in [2.05, 4.69) is 71.8 Å². The highest BCUT2D eigenvalue weighted by atomic mass is 15.3. The summed E-state index contributed by atoms with van der Waals surface area (Å²) in [6, 6.07) is 20.5. The number of nitriles is 1. The van der Waals surface area contributed by atoms with Crippen molar-refractivity contribution in [2.24, 2.45) is 0 Å². The van der Waals surface area contributed by atoms with E-state index in [9.17, 15) is 0 Å². The molecule has 0 radical (unpaired) electrons. The molecule has 1 aliphatic heterocycles. The van der Waals surface area contributed by atoms with Gasteiger partial charge in [0, 0.05) is 50.8 Å². The van der Waals surface area contributed by atoms with Gasteiger partial charge >= 0.3 is 0 Å². The molecule has 0 bridgehead atoms. The van der Waals surface area contributed by atoms with Crippen molar-refractivity contribution in [3.05, 3.63) is 90.1 Å². The number of hydrogen-bond acceptors (Lipinski definition) is 9. The lowest BCUT2D eigenvalue weighted by molar-refractivity contribution is 0.249. The summed E-state index contributed by atoms with van der Waals surface area (Å²) in [5.41, 5.74) is 13.3. The zero-order valence-electron chi connectivity index (χ0n) is 23.9. The molecule has 214 valence electrons. The van der Waals surface area contributed by atoms with Gasteiger partial charge < -0.3 is 10.6 Å². The van der Waals surface area contributed by atoms with Crippen LogP contribution in [0.1, 0.15) is 42.8 Å². The summed E-state index contributed by atoms with van der Waals surface area (Å²) in [5, 5.41) is 9.13. The van der Waals surface area contributed by atoms with Gasteiger partial charge in [-0.25, -0.2) is 24.9 Å². The SMILES string of the molecule is N#Cc1nccc(N2CCN(Cc3ccc(-n4c(-c5cccnc5N)nc5ccc(C6=CCCCC6)nc54)cc3)CC2)n1. The fourth-order valence-electron chi connectivity index (χ4n) is 5.96. The van der Waals surface area contributed by atoms with E-state index in [0.717, 1.165) is 85.3 Å². The maximum absolute atomic E-state index is 9.13. The molecule has 0 atom stereocenters. The first-order valence-electron chi connectivity index (χ1n) is 14.8. The highest BCUT2D eigenvalue weighted by Gasteiger charge is 2.21. The van der Waals surface area contributed by atoms with Crippen LogP contribution in [0.5, 0.6) is 0 Å². The van der Waals surface area contributed by atoms with Crippen molar-refractivity contribution in [1.29, 1.82) is 5.26 Å². The highest BCUT2D eigenvalue weighted by molar-refractivity contribution is 5.84. The summed E-state index contributed by atoms with van der Waals surface area (Å²) in [4.78, 5) is 27.5. The van der Waals surface area contributed by atoms with Crippen molar-refractivity contribution in [1.82, 2.24) is 34.4 Å². The van der Waals surface area contributed by atoms with Gasteiger partial charge in [-0.1, -0.05) is 18.2 Å². The predicted octanol–water partition coefficient (Wildman–Crippen LogP) is 5.01. The summed E-state index contributed by atoms with van der Waals surface area (Å²) in [5.74, 6) is 2.19. The van der Waals surface area contributed by atoms with Crippen molar-refractivity contribution in [2.75, 3.05) is 36.8 Å². The molecule has 5 aromatic rings. The summed E-state index contributed by atoms with van der Waals surface area (Å²) in [7, 11) is 0. The number of nitrogen functional groups attached to an aromatic ring is 1. The Morgan fingerprint density at radius 3 is 2.49 bits per heavy atom. The molecule has 1 fully saturated rings. The topological polar surface area (TPSA) is 126 Å². The molecule has 10 nitrogen and oxygen atoms in total. The molecular formula is C33H32N10. The van der Waals surface area contributed by atoms with Crippen LogP contribution in [0.25, 0.3) is 33.8 Å². The molecule has 10 heteroatoms. The highest BCUT2D eigenvalue weighted by Crippen LogP contribution is 2.32. The van der Waals surface area contributed by atoms with Crippen molar-refractivity contribution >= 4 is 28.4 Å². The number of imidazole rings is 1. The molecule has 2 N–H and O–H groups in total. The van der Waals surface area contributed by atoms with Gasteiger partial charge in [0.05, 0.1) is 11.3 Å². The summed E-state index contributed by atoms with van der Waals surface area (Å²) in [6.07, 6.45) is 10.3. The average Bonchev–Trinajstić information content (AvgIpc) is 3.44. The molecule has 0 unspecified atom stereocenters. The molecule has 7 rings (SSSR count). The Kier molecular flexibility index (Phi) is 7.23. The first-order chi connectivity index (χ1) is 21.2. The second-order valence-electron chi connectivity index (χ2n) is 11.0. The zero-order chi connectivity index (χ0) is 29.2. The quantitative estimate of drug-likeness (QED) is 0.301. The normalized spacial score (nSPS) is 15.8. The number of benzene rings is 1. The van der Waals surface area contributed by atoms with E-state index in [1.165, 1.54) is 24.0 Å². The number of aromatic nitrogens is 6. The van der Waals surface area contributed by atoms with Gasteiger partial charge in [0.1, 0.15) is 23.2 Å². The third-order valence-electron chi connectivity index (χ3n) is 8.24. The number of piperazine rings is 1. The molecule has 4 aromatic heterocycles. The van der Waals surface area contributed by atoms with Crippen molar-refractivity contribution in [2.45, 2.75) is 32.2 Å². The van der Waals surface area contributed by atoms with Crippen molar-refractivity contribution < 1.29 is 0 Å². The third kappa shape index (κ3) is 5.43. The molecule has 0 saturated carbocycles. The van der Waals surface area contributed by atoms with Gasteiger partial charge in [0.15, 0.2) is 11.5 Å². The molecule has 1 aromatic carbocycles. The summed E-state index contributed by atoms with van der Waals surface area (Å²) in [6.45, 7) is 4.37. The number of nitrogens with zero attached hydrogens (tertiary/aromatic N) is 9. The zero-order valence-corrected chi connectivity index (χ0v) is 23.9. The third-order valence-corrected chi connectivity index (χ3v) is 8.24. The van der Waals surface area contributed by atoms with E-state index in [4.69, 9.17) is 21.0 Å². The van der Waals surface area contributed by atoms with Crippen molar-refractivity contribution in [3.63, 3.8) is 0 Å². The standard InChI is InChI=1S/C33H32N10/c34-21-29-36-16-14-30(40-29)42-19-17-41(18-20-42)22-23-8-10-25(11-9-23)43-32(26-7-4-15-37-31(26)35)39-28-13-12-27(38-33(28)43)24-5-2-1-3-6-24/h4-5,7-16H,1-3,6,17-20,22H2,(H2,35,37). The minimum atomic E-state index is 0.206. The monoisotopic (exact) mass is 568 g/mol. The second-order valence-corrected chi connectivity index (χ2v) is 11.0. The number of nitrogens with two attached hydrogens (primary N) is 1. The van der Waals surface area contributed by atoms with Crippen LogP contribution in [0.4, 0.5) is 11.6 Å². The van der Waals surface area contributed by atoms with Gasteiger partial charge in [-0.05, 0) is 79.3 Å². The number of hydrogen-bond donors (Lipinski definition) is 1. The fourth-order valence-corrected chi connectivity index (χ4v) is 5.96. The Morgan fingerprint density at radius 2 is 1.72 bits per heavy atom. The van der Waals surface area contributed by atoms with E-state index >= 15 is 0 Å². The molecular weight excluding hydrogens is 536 g/mol. The minimum absolute atomic E-state index is 0.206. The van der Waals surface area contributed by atoms with Gasteiger partial charge in [0.2, 0.25) is 5.82 Å². The Balaban J connectivity index is 1.16. The Hall–Kier alpha value is -5.14. The van der Waals surface area contributed by atoms with Gasteiger partial charge in [-0.2, -0.15) is 5.26 Å². The van der Waals surface area contributed by atoms with E-state index in [1.807, 2.05) is 24.3 Å². The lowest BCUT2D eigenvalue weighted by Gasteiger charge is -2.35. The van der Waals surface area contributed by atoms with Crippen LogP contribution in [-0.4, -0.2) is 60.6 Å². The van der Waals surface area contributed by atoms with Crippen LogP contribution in [0.2, 0.25) is 0 Å². The van der Waals surface area contributed by atoms with Crippen LogP contribution in [0.15, 0.2) is 73.1 Å². The average molecular weight is 569 g/mol. The minimum Gasteiger partial charge on any atom is -0.383 e. The first-order valence-corrected chi connectivity index (χ1v) is 14.8. The Morgan fingerprint density at radius 1 is 0.860 bits per heavy atom. The van der Waals surface area contributed by atoms with E-state index < -0.39 is 0 Å². The molecule has 0 spiro atoms. The lowest BCUT2D eigenvalue weighted by atomic mass is 9.97. The number of rotatable bonds is 6. The number of pyridine rings is 2. The first kappa shape index (κ1) is 26.7. The second kappa shape index (κ2) is 11.6. The number of fused-ring (bicyclic) bond motifs is 1. The molecule has 1 aliphatic carbocycles. The van der Waals surface area contributed by atoms with E-state index in [1.54, 1.807) is 12.4 Å². The Bertz CT molecular complexity index is 1840. The molecule has 2 aliphatic rings. The number of allylic oxidation sites excluding steroid dienone is 2. The molecule has 5 heterocycles. The fraction of sp³-hybridized carbons (Fsp3) is 0.273. The van der Waals surface area contributed by atoms with E-state index in [-0.39, 0.29) is 5.82 Å². The van der Waals surface area contributed by atoms with Crippen molar-refractivity contribution in [3.8, 4) is 23.1 Å². The van der Waals surface area contributed by atoms with Gasteiger partial charge in [-0.15, -0.1) is 0 Å². The molecule has 0 amide bonds. The summed E-state index contributed by atoms with van der Waals surface area (Å²) >= 11 is 0. The maximum Gasteiger partial charge on any atom is 0.234 e. The van der Waals surface area contributed by atoms with Crippen LogP contribution >= 0.6 is 0 Å². The lowest BCUT2D eigenvalue weighted by Crippen LogP contribution is -2.46. The smallest absolute Gasteiger partial charge is 0.234 e. The predicted molar refractivity (Wildman–Crippen MR) is 167 cm³/mol. The van der Waals surface area contributed by atoms with E-state index in [0.29, 0.717) is 5.82 Å². The van der Waals surface area contributed by atoms with Crippen LogP contribution < -0.4 is 10.6 Å². The van der Waals surface area contributed by atoms with Crippen LogP contribution in [0, 0.1) is 11.3 Å². The Labute approximate surface area is 250 Å². The van der Waals surface area contributed by atoms with Gasteiger partial charge in [-0.3, -0.25) is 9.47 Å². The summed E-state index contributed by atoms with van der Waals surface area (Å²) < 4.78 is 2.11.